The van der Waals surface area contributed by atoms with Crippen molar-refractivity contribution in [1.29, 1.82) is 0 Å². The van der Waals surface area contributed by atoms with E-state index in [0.29, 0.717) is 12.1 Å². The van der Waals surface area contributed by atoms with E-state index < -0.39 is 0 Å². The summed E-state index contributed by atoms with van der Waals surface area (Å²) in [6, 6.07) is 10.9. The van der Waals surface area contributed by atoms with Gasteiger partial charge in [0.05, 0.1) is 0 Å². The van der Waals surface area contributed by atoms with Crippen LogP contribution in [0.25, 0.3) is 0 Å². The number of benzene rings is 1. The molecule has 1 aromatic carbocycles. The largest absolute Gasteiger partial charge is 0.333 e. The Labute approximate surface area is 108 Å². The minimum Gasteiger partial charge on any atom is -0.333 e. The second kappa shape index (κ2) is 3.84. The molecular formula is C16H19NO. The molecule has 18 heavy (non-hydrogen) atoms. The van der Waals surface area contributed by atoms with Gasteiger partial charge in [-0.15, -0.1) is 0 Å². The maximum absolute atomic E-state index is 12.7. The third-order valence-electron chi connectivity index (χ3n) is 5.13. The molecule has 2 saturated carbocycles. The number of rotatable bonds is 1. The van der Waals surface area contributed by atoms with Crippen molar-refractivity contribution in [3.63, 3.8) is 0 Å². The summed E-state index contributed by atoms with van der Waals surface area (Å²) < 4.78 is 0. The molecule has 4 fully saturated rings. The van der Waals surface area contributed by atoms with Crippen LogP contribution in [0.5, 0.6) is 0 Å². The molecule has 5 rings (SSSR count). The van der Waals surface area contributed by atoms with Gasteiger partial charge in [0.1, 0.15) is 0 Å². The van der Waals surface area contributed by atoms with Crippen molar-refractivity contribution in [3.05, 3.63) is 35.9 Å². The van der Waals surface area contributed by atoms with Crippen LogP contribution in [-0.2, 0) is 0 Å². The van der Waals surface area contributed by atoms with Crippen molar-refractivity contribution >= 4 is 5.91 Å². The third kappa shape index (κ3) is 1.51. The molecule has 2 aliphatic heterocycles. The van der Waals surface area contributed by atoms with E-state index in [-0.39, 0.29) is 5.91 Å². The molecule has 94 valence electrons. The van der Waals surface area contributed by atoms with E-state index in [0.717, 1.165) is 17.4 Å². The highest BCUT2D eigenvalue weighted by molar-refractivity contribution is 5.94. The number of piperidine rings is 2. The van der Waals surface area contributed by atoms with Crippen LogP contribution in [0.2, 0.25) is 0 Å². The summed E-state index contributed by atoms with van der Waals surface area (Å²) in [5.41, 5.74) is 0.866. The number of nitrogens with zero attached hydrogens (tertiary/aromatic N) is 1. The normalized spacial score (nSPS) is 37.0. The number of hydrogen-bond donors (Lipinski definition) is 0. The van der Waals surface area contributed by atoms with Gasteiger partial charge in [-0.3, -0.25) is 4.79 Å². The molecule has 0 unspecified atom stereocenters. The van der Waals surface area contributed by atoms with Crippen LogP contribution in [0.4, 0.5) is 0 Å². The molecule has 2 heterocycles. The van der Waals surface area contributed by atoms with E-state index >= 15 is 0 Å². The van der Waals surface area contributed by atoms with Crippen molar-refractivity contribution in [2.45, 2.75) is 44.2 Å². The van der Waals surface area contributed by atoms with Gasteiger partial charge in [0.15, 0.2) is 0 Å². The van der Waals surface area contributed by atoms with E-state index in [1.54, 1.807) is 0 Å². The highest BCUT2D eigenvalue weighted by Crippen LogP contribution is 2.49. The SMILES string of the molecule is O=C(c1ccccc1)N1C2CC3CC(C2)CC1C3. The minimum absolute atomic E-state index is 0.268. The number of amides is 1. The Morgan fingerprint density at radius 1 is 0.889 bits per heavy atom. The lowest BCUT2D eigenvalue weighted by Gasteiger charge is -2.56. The van der Waals surface area contributed by atoms with Crippen molar-refractivity contribution in [2.24, 2.45) is 11.8 Å². The minimum atomic E-state index is 0.268. The molecule has 4 bridgehead atoms. The average molecular weight is 241 g/mol. The zero-order valence-electron chi connectivity index (χ0n) is 10.6. The maximum Gasteiger partial charge on any atom is 0.254 e. The lowest BCUT2D eigenvalue weighted by atomic mass is 9.63. The van der Waals surface area contributed by atoms with Crippen LogP contribution in [0.3, 0.4) is 0 Å². The fraction of sp³-hybridized carbons (Fsp3) is 0.562. The Morgan fingerprint density at radius 2 is 1.44 bits per heavy atom. The van der Waals surface area contributed by atoms with Crippen LogP contribution in [0.1, 0.15) is 42.5 Å². The molecule has 0 radical (unpaired) electrons. The lowest BCUT2D eigenvalue weighted by Crippen LogP contribution is -2.59. The predicted molar refractivity (Wildman–Crippen MR) is 70.3 cm³/mol. The third-order valence-corrected chi connectivity index (χ3v) is 5.13. The maximum atomic E-state index is 12.7. The second-order valence-corrected chi connectivity index (χ2v) is 6.30. The summed E-state index contributed by atoms with van der Waals surface area (Å²) in [5.74, 6) is 2.09. The van der Waals surface area contributed by atoms with Gasteiger partial charge >= 0.3 is 0 Å². The Morgan fingerprint density at radius 3 is 2.00 bits per heavy atom. The van der Waals surface area contributed by atoms with Gasteiger partial charge in [0, 0.05) is 17.6 Å². The number of carbonyl (C=O) groups is 1. The molecular weight excluding hydrogens is 222 g/mol. The Bertz CT molecular complexity index is 439. The fourth-order valence-electron chi connectivity index (χ4n) is 4.59. The Hall–Kier alpha value is -1.31. The van der Waals surface area contributed by atoms with Gasteiger partial charge in [0.2, 0.25) is 0 Å². The van der Waals surface area contributed by atoms with Crippen molar-refractivity contribution in [2.75, 3.05) is 0 Å². The van der Waals surface area contributed by atoms with Gasteiger partial charge in [-0.05, 0) is 56.1 Å². The van der Waals surface area contributed by atoms with Crippen LogP contribution < -0.4 is 0 Å². The monoisotopic (exact) mass is 241 g/mol. The first-order valence-corrected chi connectivity index (χ1v) is 7.19. The van der Waals surface area contributed by atoms with Gasteiger partial charge in [-0.1, -0.05) is 18.2 Å². The van der Waals surface area contributed by atoms with E-state index in [2.05, 4.69) is 4.90 Å². The fourth-order valence-corrected chi connectivity index (χ4v) is 4.59. The highest BCUT2D eigenvalue weighted by atomic mass is 16.2. The summed E-state index contributed by atoms with van der Waals surface area (Å²) in [7, 11) is 0. The quantitative estimate of drug-likeness (QED) is 0.740. The van der Waals surface area contributed by atoms with Crippen molar-refractivity contribution in [1.82, 2.24) is 4.90 Å². The summed E-state index contributed by atoms with van der Waals surface area (Å²) in [6.45, 7) is 0. The molecule has 2 nitrogen and oxygen atoms in total. The molecule has 1 aromatic rings. The summed E-state index contributed by atoms with van der Waals surface area (Å²) in [4.78, 5) is 14.9. The highest BCUT2D eigenvalue weighted by Gasteiger charge is 2.48. The van der Waals surface area contributed by atoms with Gasteiger partial charge < -0.3 is 4.90 Å². The Kier molecular flexibility index (Phi) is 2.26. The van der Waals surface area contributed by atoms with Gasteiger partial charge in [-0.2, -0.15) is 0 Å². The number of carbonyl (C=O) groups excluding carboxylic acids is 1. The van der Waals surface area contributed by atoms with Crippen molar-refractivity contribution < 1.29 is 4.79 Å². The molecule has 0 spiro atoms. The average Bonchev–Trinajstić information content (AvgIpc) is 2.38. The Balaban J connectivity index is 1.64. The van der Waals surface area contributed by atoms with Crippen molar-refractivity contribution in [3.8, 4) is 0 Å². The van der Waals surface area contributed by atoms with Crippen LogP contribution in [0.15, 0.2) is 30.3 Å². The molecule has 2 aliphatic carbocycles. The molecule has 0 N–H and O–H groups in total. The lowest BCUT2D eigenvalue weighted by molar-refractivity contribution is -0.0415. The second-order valence-electron chi connectivity index (χ2n) is 6.30. The van der Waals surface area contributed by atoms with E-state index in [9.17, 15) is 4.79 Å². The standard InChI is InChI=1S/C16H19NO/c18-16(13-4-2-1-3-5-13)17-14-7-11-6-12(9-14)10-15(17)8-11/h1-5,11-12,14-15H,6-10H2. The predicted octanol–water partition coefficient (Wildman–Crippen LogP) is 3.09. The molecule has 0 atom stereocenters. The molecule has 1 amide bonds. The molecule has 4 aliphatic rings. The van der Waals surface area contributed by atoms with E-state index in [4.69, 9.17) is 0 Å². The van der Waals surface area contributed by atoms with E-state index in [1.807, 2.05) is 30.3 Å². The molecule has 2 saturated heterocycles. The summed E-state index contributed by atoms with van der Waals surface area (Å²) >= 11 is 0. The van der Waals surface area contributed by atoms with Crippen LogP contribution in [-0.4, -0.2) is 22.9 Å². The summed E-state index contributed by atoms with van der Waals surface area (Å²) in [5, 5.41) is 0. The van der Waals surface area contributed by atoms with Crippen LogP contribution >= 0.6 is 0 Å². The first kappa shape index (κ1) is 10.6. The molecule has 0 aromatic heterocycles. The first-order chi connectivity index (χ1) is 8.81. The zero-order valence-corrected chi connectivity index (χ0v) is 10.6. The van der Waals surface area contributed by atoms with Gasteiger partial charge in [0.25, 0.3) is 5.91 Å². The molecule has 2 heteroatoms. The number of hydrogen-bond acceptors (Lipinski definition) is 1. The van der Waals surface area contributed by atoms with E-state index in [1.165, 1.54) is 32.1 Å². The topological polar surface area (TPSA) is 20.3 Å². The smallest absolute Gasteiger partial charge is 0.254 e. The van der Waals surface area contributed by atoms with Gasteiger partial charge in [-0.25, -0.2) is 0 Å². The first-order valence-electron chi connectivity index (χ1n) is 7.19. The summed E-state index contributed by atoms with van der Waals surface area (Å²) in [6.07, 6.45) is 6.45. The van der Waals surface area contributed by atoms with Crippen LogP contribution in [0, 0.1) is 11.8 Å². The zero-order chi connectivity index (χ0) is 12.1.